The lowest BCUT2D eigenvalue weighted by atomic mass is 10.1. The molecular formula is C27H28ClFN6O4. The molecule has 0 spiro atoms. The Morgan fingerprint density at radius 1 is 1.13 bits per heavy atom. The summed E-state index contributed by atoms with van der Waals surface area (Å²) in [5, 5.41) is 26.2. The molecule has 1 fully saturated rings. The largest absolute Gasteiger partial charge is 0.479 e. The lowest BCUT2D eigenvalue weighted by Crippen LogP contribution is -2.43. The predicted molar refractivity (Wildman–Crippen MR) is 149 cm³/mol. The number of aliphatic carboxylic acids is 1. The summed E-state index contributed by atoms with van der Waals surface area (Å²) in [5.41, 5.74) is 8.03. The van der Waals surface area contributed by atoms with E-state index in [1.165, 1.54) is 18.2 Å². The Morgan fingerprint density at radius 2 is 1.85 bits per heavy atom. The monoisotopic (exact) mass is 554 g/mol. The first kappa shape index (κ1) is 27.7. The number of anilines is 3. The molecule has 7 N–H and O–H groups in total. The lowest BCUT2D eigenvalue weighted by molar-refractivity contribution is -0.139. The molecule has 10 nitrogen and oxygen atoms in total. The Morgan fingerprint density at radius 3 is 2.51 bits per heavy atom. The molecular weight excluding hydrogens is 527 g/mol. The van der Waals surface area contributed by atoms with Crippen molar-refractivity contribution in [1.29, 1.82) is 5.41 Å². The number of nitrogens with zero attached hydrogens (tertiary/aromatic N) is 1. The summed E-state index contributed by atoms with van der Waals surface area (Å²) in [7, 11) is 0. The van der Waals surface area contributed by atoms with Crippen LogP contribution in [0, 0.1) is 11.2 Å². The summed E-state index contributed by atoms with van der Waals surface area (Å²) in [6, 6.07) is 13.9. The molecule has 1 heterocycles. The van der Waals surface area contributed by atoms with E-state index in [1.807, 2.05) is 4.90 Å². The summed E-state index contributed by atoms with van der Waals surface area (Å²) in [6.45, 7) is 2.06. The van der Waals surface area contributed by atoms with Gasteiger partial charge in [0.1, 0.15) is 17.4 Å². The average molecular weight is 555 g/mol. The number of nitrogen functional groups attached to an aromatic ring is 1. The van der Waals surface area contributed by atoms with Gasteiger partial charge in [0.25, 0.3) is 5.91 Å². The minimum absolute atomic E-state index is 0.0427. The second kappa shape index (κ2) is 12.5. The zero-order valence-electron chi connectivity index (χ0n) is 20.9. The van der Waals surface area contributed by atoms with Crippen molar-refractivity contribution in [3.63, 3.8) is 0 Å². The number of carbonyl (C=O) groups is 2. The van der Waals surface area contributed by atoms with Crippen LogP contribution in [0.2, 0.25) is 5.02 Å². The maximum atomic E-state index is 14.7. The van der Waals surface area contributed by atoms with E-state index in [1.54, 1.807) is 36.4 Å². The number of carboxylic acids is 1. The van der Waals surface area contributed by atoms with Crippen LogP contribution >= 0.6 is 11.6 Å². The van der Waals surface area contributed by atoms with Gasteiger partial charge in [-0.05, 0) is 48.5 Å². The molecule has 12 heteroatoms. The summed E-state index contributed by atoms with van der Waals surface area (Å²) in [4.78, 5) is 26.3. The molecule has 4 rings (SSSR count). The first-order valence-corrected chi connectivity index (χ1v) is 12.5. The molecule has 1 amide bonds. The molecule has 0 aliphatic carbocycles. The van der Waals surface area contributed by atoms with E-state index < -0.39 is 24.3 Å². The van der Waals surface area contributed by atoms with Gasteiger partial charge < -0.3 is 36.4 Å². The van der Waals surface area contributed by atoms with Crippen molar-refractivity contribution in [3.8, 4) is 5.75 Å². The molecule has 1 aliphatic rings. The molecule has 0 saturated carbocycles. The van der Waals surface area contributed by atoms with Gasteiger partial charge in [-0.3, -0.25) is 10.2 Å². The van der Waals surface area contributed by atoms with Crippen LogP contribution in [0.15, 0.2) is 54.6 Å². The predicted octanol–water partition coefficient (Wildman–Crippen LogP) is 3.50. The molecule has 1 saturated heterocycles. The van der Waals surface area contributed by atoms with Gasteiger partial charge in [0, 0.05) is 66.3 Å². The lowest BCUT2D eigenvalue weighted by Gasteiger charge is -2.31. The summed E-state index contributed by atoms with van der Waals surface area (Å²) in [5.74, 6) is -1.92. The molecule has 0 bridgehead atoms. The van der Waals surface area contributed by atoms with Gasteiger partial charge in [0.2, 0.25) is 0 Å². The highest BCUT2D eigenvalue weighted by atomic mass is 35.5. The SMILES string of the molecule is N=C(N)c1ccc(NC(=O)c2cc(Cl)ccc2NCc2cc(F)cc(N3CCNCC3)c2OCC(=O)O)cc1. The van der Waals surface area contributed by atoms with Crippen molar-refractivity contribution in [3.05, 3.63) is 82.1 Å². The van der Waals surface area contributed by atoms with Crippen LogP contribution < -0.4 is 31.3 Å². The fourth-order valence-corrected chi connectivity index (χ4v) is 4.36. The third kappa shape index (κ3) is 7.15. The van der Waals surface area contributed by atoms with Crippen LogP contribution in [0.5, 0.6) is 5.75 Å². The Kier molecular flexibility index (Phi) is 8.84. The highest BCUT2D eigenvalue weighted by Crippen LogP contribution is 2.35. The summed E-state index contributed by atoms with van der Waals surface area (Å²) >= 11 is 6.18. The van der Waals surface area contributed by atoms with Crippen LogP contribution in [0.3, 0.4) is 0 Å². The minimum atomic E-state index is -1.16. The fourth-order valence-electron chi connectivity index (χ4n) is 4.19. The number of hydrogen-bond acceptors (Lipinski definition) is 7. The number of piperazine rings is 1. The smallest absolute Gasteiger partial charge is 0.341 e. The topological polar surface area (TPSA) is 153 Å². The minimum Gasteiger partial charge on any atom is -0.479 e. The standard InChI is InChI=1S/C27H28ClFN6O4/c28-18-3-6-22(21(12-18)27(38)34-20-4-1-16(2-5-20)26(30)31)33-14-17-11-19(29)13-23(25(17)39-15-24(36)37)35-9-7-32-8-10-35/h1-6,11-13,32-33H,7-10,14-15H2,(H3,30,31)(H,34,38)(H,36,37). The van der Waals surface area contributed by atoms with Gasteiger partial charge in [-0.2, -0.15) is 0 Å². The third-order valence-electron chi connectivity index (χ3n) is 6.06. The zero-order chi connectivity index (χ0) is 27.9. The van der Waals surface area contributed by atoms with Gasteiger partial charge in [-0.15, -0.1) is 0 Å². The van der Waals surface area contributed by atoms with Gasteiger partial charge in [-0.25, -0.2) is 9.18 Å². The van der Waals surface area contributed by atoms with E-state index in [0.29, 0.717) is 59.4 Å². The molecule has 204 valence electrons. The van der Waals surface area contributed by atoms with Crippen molar-refractivity contribution in [2.45, 2.75) is 6.54 Å². The zero-order valence-corrected chi connectivity index (χ0v) is 21.6. The Hall–Kier alpha value is -4.35. The number of nitrogens with two attached hydrogens (primary N) is 1. The van der Waals surface area contributed by atoms with E-state index in [9.17, 15) is 19.1 Å². The number of benzene rings is 3. The second-order valence-electron chi connectivity index (χ2n) is 8.82. The molecule has 1 aliphatic heterocycles. The molecule has 0 atom stereocenters. The van der Waals surface area contributed by atoms with E-state index in [0.717, 1.165) is 0 Å². The van der Waals surface area contributed by atoms with Crippen LogP contribution in [0.4, 0.5) is 21.5 Å². The number of hydrogen-bond donors (Lipinski definition) is 6. The van der Waals surface area contributed by atoms with Crippen molar-refractivity contribution in [2.24, 2.45) is 5.73 Å². The first-order valence-electron chi connectivity index (χ1n) is 12.1. The number of halogens is 2. The van der Waals surface area contributed by atoms with E-state index in [4.69, 9.17) is 27.5 Å². The maximum absolute atomic E-state index is 14.7. The number of carboxylic acid groups (broad SMARTS) is 1. The number of amides is 1. The van der Waals surface area contributed by atoms with Crippen molar-refractivity contribution >= 4 is 46.4 Å². The van der Waals surface area contributed by atoms with Crippen LogP contribution in [0.1, 0.15) is 21.5 Å². The third-order valence-corrected chi connectivity index (χ3v) is 6.29. The summed E-state index contributed by atoms with van der Waals surface area (Å²) < 4.78 is 20.4. The van der Waals surface area contributed by atoms with Gasteiger partial charge in [-0.1, -0.05) is 11.6 Å². The number of nitrogens with one attached hydrogen (secondary N) is 4. The quantitative estimate of drug-likeness (QED) is 0.164. The van der Waals surface area contributed by atoms with Crippen LogP contribution in [-0.4, -0.2) is 55.6 Å². The first-order chi connectivity index (χ1) is 18.7. The molecule has 0 aromatic heterocycles. The van der Waals surface area contributed by atoms with Crippen molar-refractivity contribution in [2.75, 3.05) is 48.3 Å². The highest BCUT2D eigenvalue weighted by molar-refractivity contribution is 6.31. The van der Waals surface area contributed by atoms with Crippen molar-refractivity contribution < 1.29 is 23.8 Å². The molecule has 3 aromatic rings. The number of ether oxygens (including phenoxy) is 1. The molecule has 39 heavy (non-hydrogen) atoms. The molecule has 0 radical (unpaired) electrons. The number of amidine groups is 1. The van der Waals surface area contributed by atoms with E-state index in [2.05, 4.69) is 16.0 Å². The van der Waals surface area contributed by atoms with Crippen molar-refractivity contribution in [1.82, 2.24) is 5.32 Å². The van der Waals surface area contributed by atoms with E-state index in [-0.39, 0.29) is 23.7 Å². The normalized spacial score (nSPS) is 13.0. The van der Waals surface area contributed by atoms with Crippen LogP contribution in [0.25, 0.3) is 0 Å². The number of carbonyl (C=O) groups excluding carboxylic acids is 1. The van der Waals surface area contributed by atoms with Crippen LogP contribution in [-0.2, 0) is 11.3 Å². The fraction of sp³-hybridized carbons (Fsp3) is 0.222. The summed E-state index contributed by atoms with van der Waals surface area (Å²) in [6.07, 6.45) is 0. The van der Waals surface area contributed by atoms with Gasteiger partial charge in [0.05, 0.1) is 11.3 Å². The van der Waals surface area contributed by atoms with Gasteiger partial charge >= 0.3 is 5.97 Å². The Bertz CT molecular complexity index is 1380. The highest BCUT2D eigenvalue weighted by Gasteiger charge is 2.21. The maximum Gasteiger partial charge on any atom is 0.341 e. The average Bonchev–Trinajstić information content (AvgIpc) is 2.92. The molecule has 0 unspecified atom stereocenters. The Labute approximate surface area is 229 Å². The number of rotatable bonds is 10. The second-order valence-corrected chi connectivity index (χ2v) is 9.26. The van der Waals surface area contributed by atoms with Gasteiger partial charge in [0.15, 0.2) is 6.61 Å². The van der Waals surface area contributed by atoms with E-state index >= 15 is 0 Å². The molecule has 3 aromatic carbocycles. The Balaban J connectivity index is 1.59.